The Balaban J connectivity index is 1.54. The van der Waals surface area contributed by atoms with Crippen LogP contribution in [-0.2, 0) is 16.0 Å². The van der Waals surface area contributed by atoms with Gasteiger partial charge < -0.3 is 30.2 Å². The maximum absolute atomic E-state index is 14.0. The van der Waals surface area contributed by atoms with Crippen LogP contribution in [0.4, 0.5) is 11.4 Å². The molecule has 1 aliphatic rings. The van der Waals surface area contributed by atoms with E-state index in [-0.39, 0.29) is 34.8 Å². The van der Waals surface area contributed by atoms with Crippen LogP contribution in [0.2, 0.25) is 0 Å². The van der Waals surface area contributed by atoms with Crippen molar-refractivity contribution in [3.05, 3.63) is 75.7 Å². The Morgan fingerprint density at radius 2 is 1.76 bits per heavy atom. The van der Waals surface area contributed by atoms with E-state index in [0.717, 1.165) is 22.5 Å². The quantitative estimate of drug-likeness (QED) is 0.136. The average molecular weight is 683 g/mol. The van der Waals surface area contributed by atoms with Crippen molar-refractivity contribution in [1.29, 1.82) is 0 Å². The fourth-order valence-electron chi connectivity index (χ4n) is 6.31. The Hall–Kier alpha value is -5.39. The number of amides is 2. The molecule has 1 heterocycles. The largest absolute Gasteiger partial charge is 0.493 e. The average Bonchev–Trinajstić information content (AvgIpc) is 3.49. The Morgan fingerprint density at radius 1 is 1.00 bits per heavy atom. The monoisotopic (exact) mass is 682 g/mol. The summed E-state index contributed by atoms with van der Waals surface area (Å²) in [5.41, 5.74) is 4.27. The van der Waals surface area contributed by atoms with Crippen molar-refractivity contribution < 1.29 is 23.8 Å². The van der Waals surface area contributed by atoms with E-state index in [2.05, 4.69) is 31.1 Å². The molecule has 0 aliphatic heterocycles. The predicted molar refractivity (Wildman–Crippen MR) is 194 cm³/mol. The highest BCUT2D eigenvalue weighted by Crippen LogP contribution is 2.50. The number of hydrogen-bond donors (Lipinski definition) is 4. The lowest BCUT2D eigenvalue weighted by Gasteiger charge is -2.24. The fraction of sp³-hybridized carbons (Fsp3) is 0.395. The molecule has 1 aromatic heterocycles. The first kappa shape index (κ1) is 35.9. The Labute approximate surface area is 292 Å². The lowest BCUT2D eigenvalue weighted by molar-refractivity contribution is -0.120. The molecule has 264 valence electrons. The van der Waals surface area contributed by atoms with E-state index in [1.54, 1.807) is 39.5 Å². The third-order valence-corrected chi connectivity index (χ3v) is 9.16. The number of aromatic amines is 1. The molecule has 0 spiro atoms. The number of nitrogens with zero attached hydrogens (tertiary/aromatic N) is 2. The number of carbonyl (C=O) groups is 2. The highest BCUT2D eigenvalue weighted by Gasteiger charge is 2.30. The number of benzene rings is 2. The molecule has 12 heteroatoms. The van der Waals surface area contributed by atoms with E-state index >= 15 is 0 Å². The zero-order chi connectivity index (χ0) is 36.1. The summed E-state index contributed by atoms with van der Waals surface area (Å²) >= 11 is 0. The lowest BCUT2D eigenvalue weighted by Crippen LogP contribution is -2.40. The van der Waals surface area contributed by atoms with Crippen LogP contribution < -0.4 is 35.6 Å². The first-order chi connectivity index (χ1) is 24.0. The Morgan fingerprint density at radius 3 is 2.40 bits per heavy atom. The van der Waals surface area contributed by atoms with Crippen molar-refractivity contribution in [3.63, 3.8) is 0 Å². The van der Waals surface area contributed by atoms with Gasteiger partial charge in [0, 0.05) is 29.7 Å². The number of nitrogens with one attached hydrogen (secondary N) is 4. The van der Waals surface area contributed by atoms with Crippen molar-refractivity contribution >= 4 is 23.2 Å². The summed E-state index contributed by atoms with van der Waals surface area (Å²) < 4.78 is 17.2. The predicted octanol–water partition coefficient (Wildman–Crippen LogP) is 6.24. The first-order valence-corrected chi connectivity index (χ1v) is 16.9. The molecule has 12 nitrogen and oxygen atoms in total. The number of ether oxygens (including phenoxy) is 3. The van der Waals surface area contributed by atoms with Crippen LogP contribution in [-0.4, -0.2) is 54.4 Å². The molecule has 0 unspecified atom stereocenters. The van der Waals surface area contributed by atoms with Gasteiger partial charge in [-0.3, -0.25) is 19.5 Å². The summed E-state index contributed by atoms with van der Waals surface area (Å²) in [5.74, 6) is 2.28. The standard InChI is InChI=1S/C38H46N6O6/c1-9-21(4)33(38(47)40-25-12-10-11-24(17-25)37-42-36(20(2)3)43-44-37)41-29-16-14-26-27(19-30(29)46)28(39-22(5)45)15-13-23-18-31(48-6)34(49-7)35(50-8)32(23)26/h10-12,14,16-21,28,33H,9,13,15H2,1-8H3,(H,39,45)(H,40,47)(H,41,46)(H,42,43,44)/t21-,28-,33+/m0/s1. The maximum atomic E-state index is 14.0. The van der Waals surface area contributed by atoms with Gasteiger partial charge >= 0.3 is 0 Å². The minimum atomic E-state index is -0.744. The number of carbonyl (C=O) groups excluding carboxylic acids is 2. The van der Waals surface area contributed by atoms with Crippen LogP contribution >= 0.6 is 0 Å². The van der Waals surface area contributed by atoms with Gasteiger partial charge in [-0.2, -0.15) is 5.10 Å². The van der Waals surface area contributed by atoms with E-state index in [4.69, 9.17) is 14.2 Å². The molecule has 5 rings (SSSR count). The lowest BCUT2D eigenvalue weighted by atomic mass is 9.95. The van der Waals surface area contributed by atoms with Crippen LogP contribution in [0.15, 0.2) is 53.3 Å². The smallest absolute Gasteiger partial charge is 0.247 e. The summed E-state index contributed by atoms with van der Waals surface area (Å²) in [6.45, 7) is 9.48. The van der Waals surface area contributed by atoms with Gasteiger partial charge in [0.15, 0.2) is 17.3 Å². The molecule has 3 aromatic carbocycles. The normalized spacial score (nSPS) is 14.8. The number of fused-ring (bicyclic) bond motifs is 3. The van der Waals surface area contributed by atoms with Crippen LogP contribution in [0.1, 0.15) is 76.4 Å². The molecule has 4 aromatic rings. The van der Waals surface area contributed by atoms with Crippen LogP contribution in [0, 0.1) is 5.92 Å². The van der Waals surface area contributed by atoms with Gasteiger partial charge in [0.05, 0.1) is 33.1 Å². The van der Waals surface area contributed by atoms with Crippen LogP contribution in [0.5, 0.6) is 17.2 Å². The van der Waals surface area contributed by atoms with Gasteiger partial charge in [0.1, 0.15) is 11.9 Å². The third-order valence-electron chi connectivity index (χ3n) is 9.16. The minimum absolute atomic E-state index is 0.132. The topological polar surface area (TPSA) is 157 Å². The van der Waals surface area contributed by atoms with E-state index < -0.39 is 12.1 Å². The zero-order valence-corrected chi connectivity index (χ0v) is 29.9. The minimum Gasteiger partial charge on any atom is -0.493 e. The Bertz CT molecular complexity index is 1940. The van der Waals surface area contributed by atoms with E-state index in [9.17, 15) is 14.4 Å². The number of H-pyrrole nitrogens is 1. The van der Waals surface area contributed by atoms with Crippen LogP contribution in [0.25, 0.3) is 22.5 Å². The highest BCUT2D eigenvalue weighted by atomic mass is 16.5. The summed E-state index contributed by atoms with van der Waals surface area (Å²) in [7, 11) is 4.66. The van der Waals surface area contributed by atoms with E-state index in [1.165, 1.54) is 6.92 Å². The molecule has 1 aliphatic carbocycles. The fourth-order valence-corrected chi connectivity index (χ4v) is 6.31. The number of methoxy groups -OCH3 is 3. The van der Waals surface area contributed by atoms with Gasteiger partial charge in [-0.25, -0.2) is 4.98 Å². The molecule has 0 saturated heterocycles. The highest BCUT2D eigenvalue weighted by molar-refractivity contribution is 5.97. The first-order valence-electron chi connectivity index (χ1n) is 16.9. The van der Waals surface area contributed by atoms with Crippen molar-refractivity contribution in [2.24, 2.45) is 5.92 Å². The number of aromatic nitrogens is 3. The Kier molecular flexibility index (Phi) is 11.1. The summed E-state index contributed by atoms with van der Waals surface area (Å²) in [5, 5.41) is 16.6. The zero-order valence-electron chi connectivity index (χ0n) is 29.9. The van der Waals surface area contributed by atoms with Gasteiger partial charge in [0.25, 0.3) is 0 Å². The molecule has 2 amide bonds. The van der Waals surface area contributed by atoms with Gasteiger partial charge in [-0.15, -0.1) is 0 Å². The van der Waals surface area contributed by atoms with Gasteiger partial charge in [0.2, 0.25) is 23.0 Å². The molecule has 4 N–H and O–H groups in total. The molecule has 50 heavy (non-hydrogen) atoms. The van der Waals surface area contributed by atoms with Gasteiger partial charge in [-0.05, 0) is 65.8 Å². The maximum Gasteiger partial charge on any atom is 0.247 e. The van der Waals surface area contributed by atoms with Crippen LogP contribution in [0.3, 0.4) is 0 Å². The second-order valence-electron chi connectivity index (χ2n) is 12.9. The summed E-state index contributed by atoms with van der Waals surface area (Å²) in [4.78, 5) is 44.8. The molecule has 0 fully saturated rings. The van der Waals surface area contributed by atoms with E-state index in [1.807, 2.05) is 58.0 Å². The number of aryl methyl sites for hydroxylation is 1. The van der Waals surface area contributed by atoms with E-state index in [0.29, 0.717) is 59.1 Å². The van der Waals surface area contributed by atoms with Gasteiger partial charge in [-0.1, -0.05) is 52.3 Å². The van der Waals surface area contributed by atoms with Crippen molar-refractivity contribution in [2.75, 3.05) is 32.0 Å². The molecular formula is C38H46N6O6. The molecule has 3 atom stereocenters. The molecule has 0 bridgehead atoms. The number of hydrogen-bond acceptors (Lipinski definition) is 9. The SMILES string of the molecule is CC[C@H](C)[C@@H](Nc1ccc2c(cc1=O)[C@@H](NC(C)=O)CCc1cc(OC)c(OC)c(OC)c1-2)C(=O)Nc1cccc(-c2n[nH]c(C(C)C)n2)c1. The van der Waals surface area contributed by atoms with Crippen molar-refractivity contribution in [1.82, 2.24) is 20.5 Å². The molecule has 0 radical (unpaired) electrons. The second kappa shape index (κ2) is 15.4. The van der Waals surface area contributed by atoms with Crippen molar-refractivity contribution in [3.8, 4) is 39.8 Å². The number of anilines is 2. The third kappa shape index (κ3) is 7.44. The number of rotatable bonds is 12. The molecule has 0 saturated carbocycles. The summed E-state index contributed by atoms with van der Waals surface area (Å²) in [6.07, 6.45) is 1.80. The molecular weight excluding hydrogens is 636 g/mol. The summed E-state index contributed by atoms with van der Waals surface area (Å²) in [6, 6.07) is 13.1. The van der Waals surface area contributed by atoms with Crippen molar-refractivity contribution in [2.45, 2.75) is 71.9 Å². The second-order valence-corrected chi connectivity index (χ2v) is 12.9.